The van der Waals surface area contributed by atoms with Gasteiger partial charge in [-0.05, 0) is 17.5 Å². The summed E-state index contributed by atoms with van der Waals surface area (Å²) in [5.74, 6) is 1.47. The van der Waals surface area contributed by atoms with Crippen LogP contribution < -0.4 is 5.32 Å². The van der Waals surface area contributed by atoms with Gasteiger partial charge in [-0.1, -0.05) is 6.07 Å². The van der Waals surface area contributed by atoms with Gasteiger partial charge >= 0.3 is 0 Å². The highest BCUT2D eigenvalue weighted by Gasteiger charge is 2.04. The molecule has 0 amide bonds. The normalized spacial score (nSPS) is 10.4. The Morgan fingerprint density at radius 1 is 1.24 bits per heavy atom. The molecule has 0 aliphatic rings. The molecule has 2 N–H and O–H groups in total. The van der Waals surface area contributed by atoms with E-state index in [4.69, 9.17) is 0 Å². The molecule has 0 radical (unpaired) electrons. The van der Waals surface area contributed by atoms with Gasteiger partial charge in [0.15, 0.2) is 5.82 Å². The highest BCUT2D eigenvalue weighted by molar-refractivity contribution is 7.13. The average molecular weight is 243 g/mol. The fourth-order valence-electron chi connectivity index (χ4n) is 1.44. The van der Waals surface area contributed by atoms with Gasteiger partial charge in [0, 0.05) is 12.3 Å². The lowest BCUT2D eigenvalue weighted by Gasteiger charge is -1.98. The molecule has 0 spiro atoms. The average Bonchev–Trinajstić information content (AvgIpc) is 3.00. The minimum absolute atomic E-state index is 0.726. The van der Waals surface area contributed by atoms with Crippen molar-refractivity contribution in [2.45, 2.75) is 0 Å². The second kappa shape index (κ2) is 4.34. The van der Waals surface area contributed by atoms with Gasteiger partial charge < -0.3 is 5.32 Å². The summed E-state index contributed by atoms with van der Waals surface area (Å²) in [5, 5.41) is 12.3. The van der Waals surface area contributed by atoms with Crippen LogP contribution in [-0.2, 0) is 0 Å². The Morgan fingerprint density at radius 3 is 3.00 bits per heavy atom. The second-order valence-corrected chi connectivity index (χ2v) is 4.31. The van der Waals surface area contributed by atoms with Gasteiger partial charge in [-0.3, -0.25) is 5.10 Å². The van der Waals surface area contributed by atoms with Crippen LogP contribution in [0.4, 0.5) is 11.6 Å². The number of aromatic nitrogens is 4. The monoisotopic (exact) mass is 243 g/mol. The minimum Gasteiger partial charge on any atom is -0.323 e. The van der Waals surface area contributed by atoms with Crippen LogP contribution in [0, 0.1) is 0 Å². The molecule has 17 heavy (non-hydrogen) atoms. The summed E-state index contributed by atoms with van der Waals surface area (Å²) in [4.78, 5) is 9.09. The number of anilines is 2. The number of nitrogens with zero attached hydrogens (tertiary/aromatic N) is 3. The Labute approximate surface area is 102 Å². The maximum Gasteiger partial charge on any atom is 0.153 e. The van der Waals surface area contributed by atoms with Crippen LogP contribution in [-0.4, -0.2) is 20.2 Å². The third-order valence-corrected chi connectivity index (χ3v) is 3.11. The van der Waals surface area contributed by atoms with Crippen LogP contribution in [0.2, 0.25) is 0 Å². The molecule has 3 aromatic heterocycles. The van der Waals surface area contributed by atoms with E-state index >= 15 is 0 Å². The van der Waals surface area contributed by atoms with E-state index in [2.05, 4.69) is 25.5 Å². The van der Waals surface area contributed by atoms with Crippen LogP contribution in [0.3, 0.4) is 0 Å². The van der Waals surface area contributed by atoms with Crippen LogP contribution in [0.15, 0.2) is 42.2 Å². The first-order valence-corrected chi connectivity index (χ1v) is 5.92. The van der Waals surface area contributed by atoms with Crippen molar-refractivity contribution < 1.29 is 0 Å². The smallest absolute Gasteiger partial charge is 0.153 e. The van der Waals surface area contributed by atoms with Crippen molar-refractivity contribution in [1.82, 2.24) is 20.2 Å². The van der Waals surface area contributed by atoms with Crippen molar-refractivity contribution in [3.05, 3.63) is 42.2 Å². The zero-order valence-electron chi connectivity index (χ0n) is 8.79. The van der Waals surface area contributed by atoms with Gasteiger partial charge in [0.05, 0.1) is 10.6 Å². The number of nitrogens with one attached hydrogen (secondary N) is 2. The largest absolute Gasteiger partial charge is 0.323 e. The molecule has 5 nitrogen and oxygen atoms in total. The van der Waals surface area contributed by atoms with Gasteiger partial charge in [0.2, 0.25) is 0 Å². The highest BCUT2D eigenvalue weighted by atomic mass is 32.1. The Bertz CT molecular complexity index is 587. The summed E-state index contributed by atoms with van der Waals surface area (Å²) >= 11 is 1.67. The summed E-state index contributed by atoms with van der Waals surface area (Å²) in [6, 6.07) is 7.80. The molecule has 0 fully saturated rings. The topological polar surface area (TPSA) is 66.5 Å². The van der Waals surface area contributed by atoms with Crippen LogP contribution >= 0.6 is 11.3 Å². The lowest BCUT2D eigenvalue weighted by molar-refractivity contribution is 1.09. The maximum absolute atomic E-state index is 4.18. The summed E-state index contributed by atoms with van der Waals surface area (Å²) in [6.07, 6.45) is 3.18. The molecule has 0 aliphatic heterocycles. The number of thiophene rings is 1. The van der Waals surface area contributed by atoms with E-state index < -0.39 is 0 Å². The van der Waals surface area contributed by atoms with Crippen molar-refractivity contribution in [1.29, 1.82) is 0 Å². The van der Waals surface area contributed by atoms with Crippen molar-refractivity contribution in [2.24, 2.45) is 0 Å². The van der Waals surface area contributed by atoms with Crippen LogP contribution in [0.25, 0.3) is 10.6 Å². The van der Waals surface area contributed by atoms with E-state index in [-0.39, 0.29) is 0 Å². The van der Waals surface area contributed by atoms with Crippen molar-refractivity contribution in [3.63, 3.8) is 0 Å². The van der Waals surface area contributed by atoms with E-state index in [9.17, 15) is 0 Å². The number of rotatable bonds is 3. The Balaban J connectivity index is 1.82. The molecule has 3 rings (SSSR count). The fourth-order valence-corrected chi connectivity index (χ4v) is 2.13. The third-order valence-electron chi connectivity index (χ3n) is 2.20. The van der Waals surface area contributed by atoms with Crippen molar-refractivity contribution in [3.8, 4) is 10.6 Å². The lowest BCUT2D eigenvalue weighted by Crippen LogP contribution is -1.93. The lowest BCUT2D eigenvalue weighted by atomic mass is 10.3. The number of hydrogen-bond donors (Lipinski definition) is 2. The van der Waals surface area contributed by atoms with Crippen molar-refractivity contribution >= 4 is 23.0 Å². The van der Waals surface area contributed by atoms with Gasteiger partial charge in [-0.2, -0.15) is 5.10 Å². The number of H-pyrrole nitrogens is 1. The Hall–Kier alpha value is -2.21. The minimum atomic E-state index is 0.726. The maximum atomic E-state index is 4.18. The summed E-state index contributed by atoms with van der Waals surface area (Å²) < 4.78 is 0. The van der Waals surface area contributed by atoms with Gasteiger partial charge in [-0.15, -0.1) is 11.3 Å². The molecular formula is C11H9N5S. The zero-order valence-corrected chi connectivity index (χ0v) is 9.61. The van der Waals surface area contributed by atoms with Gasteiger partial charge in [0.25, 0.3) is 0 Å². The van der Waals surface area contributed by atoms with E-state index in [0.717, 1.165) is 22.2 Å². The second-order valence-electron chi connectivity index (χ2n) is 3.36. The standard InChI is InChI=1S/C11H9N5S/c1-2-9(17-5-1)8-6-11(16-15-8)14-10-3-4-12-7-13-10/h1-7H,(H2,12,13,14,15,16). The molecule has 84 valence electrons. The molecule has 0 saturated carbocycles. The Morgan fingerprint density at radius 2 is 2.24 bits per heavy atom. The number of hydrogen-bond acceptors (Lipinski definition) is 5. The predicted octanol–water partition coefficient (Wildman–Crippen LogP) is 2.67. The Kier molecular flexibility index (Phi) is 2.55. The molecule has 6 heteroatoms. The molecule has 0 aromatic carbocycles. The van der Waals surface area contributed by atoms with E-state index in [1.54, 1.807) is 23.6 Å². The van der Waals surface area contributed by atoms with Gasteiger partial charge in [0.1, 0.15) is 12.1 Å². The van der Waals surface area contributed by atoms with Crippen LogP contribution in [0.5, 0.6) is 0 Å². The fraction of sp³-hybridized carbons (Fsp3) is 0. The third kappa shape index (κ3) is 2.16. The molecule has 0 saturated heterocycles. The molecule has 0 aliphatic carbocycles. The molecular weight excluding hydrogens is 234 g/mol. The number of aromatic amines is 1. The van der Waals surface area contributed by atoms with Crippen molar-refractivity contribution in [2.75, 3.05) is 5.32 Å². The molecule has 3 aromatic rings. The summed E-state index contributed by atoms with van der Waals surface area (Å²) in [7, 11) is 0. The zero-order chi connectivity index (χ0) is 11.5. The van der Waals surface area contributed by atoms with E-state index in [0.29, 0.717) is 0 Å². The first-order chi connectivity index (χ1) is 8.42. The molecule has 0 unspecified atom stereocenters. The van der Waals surface area contributed by atoms with Gasteiger partial charge in [-0.25, -0.2) is 9.97 Å². The summed E-state index contributed by atoms with van der Waals surface area (Å²) in [6.45, 7) is 0. The molecule has 0 bridgehead atoms. The van der Waals surface area contributed by atoms with E-state index in [1.165, 1.54) is 6.33 Å². The SMILES string of the molecule is c1csc(-c2cc(Nc3ccncn3)n[nH]2)c1. The summed E-state index contributed by atoms with van der Waals surface area (Å²) in [5.41, 5.74) is 0.997. The highest BCUT2D eigenvalue weighted by Crippen LogP contribution is 2.25. The first kappa shape index (κ1) is 9.98. The predicted molar refractivity (Wildman–Crippen MR) is 67.2 cm³/mol. The first-order valence-electron chi connectivity index (χ1n) is 5.04. The van der Waals surface area contributed by atoms with E-state index in [1.807, 2.05) is 23.6 Å². The molecule has 3 heterocycles. The molecule has 0 atom stereocenters. The van der Waals surface area contributed by atoms with Crippen LogP contribution in [0.1, 0.15) is 0 Å². The quantitative estimate of drug-likeness (QED) is 0.742.